The van der Waals surface area contributed by atoms with Gasteiger partial charge in [-0.1, -0.05) is 4.52 Å². The molecule has 0 aromatic rings. The van der Waals surface area contributed by atoms with Crippen LogP contribution < -0.4 is 5.32 Å². The van der Waals surface area contributed by atoms with Crippen LogP contribution in [0.3, 0.4) is 0 Å². The molecule has 0 aliphatic heterocycles. The second-order valence-corrected chi connectivity index (χ2v) is 2.14. The van der Waals surface area contributed by atoms with Crippen LogP contribution in [0.15, 0.2) is 0 Å². The topological polar surface area (TPSA) is 84.9 Å². The average Bonchev–Trinajstić information content (AvgIpc) is 1.87. The Kier molecular flexibility index (Phi) is 5.64. The molecule has 11 heavy (non-hydrogen) atoms. The lowest BCUT2D eigenvalue weighted by molar-refractivity contribution is 0.141. The van der Waals surface area contributed by atoms with Gasteiger partial charge in [0.05, 0.1) is 6.61 Å². The lowest BCUT2D eigenvalue weighted by atomic mass is 10.9. The van der Waals surface area contributed by atoms with Crippen molar-refractivity contribution in [1.82, 2.24) is 5.32 Å². The lowest BCUT2D eigenvalue weighted by Gasteiger charge is -1.99. The van der Waals surface area contributed by atoms with Gasteiger partial charge in [-0.15, -0.1) is 4.89 Å². The Bertz CT molecular complexity index is 149. The zero-order valence-corrected chi connectivity index (χ0v) is 6.84. The van der Waals surface area contributed by atoms with Gasteiger partial charge in [0.1, 0.15) is 0 Å². The van der Waals surface area contributed by atoms with Crippen molar-refractivity contribution < 1.29 is 23.5 Å². The van der Waals surface area contributed by atoms with Crippen LogP contribution in [0.1, 0.15) is 6.92 Å². The van der Waals surface area contributed by atoms with Gasteiger partial charge < -0.3 is 4.74 Å². The summed E-state index contributed by atoms with van der Waals surface area (Å²) >= 11 is 0. The number of carbonyl (C=O) groups is 1. The fourth-order valence-electron chi connectivity index (χ4n) is 0.329. The third-order valence-corrected chi connectivity index (χ3v) is 1.02. The Hall–Kier alpha value is -0.710. The highest BCUT2D eigenvalue weighted by molar-refractivity contribution is 7.32. The Morgan fingerprint density at radius 1 is 1.73 bits per heavy atom. The minimum atomic E-state index is -2.66. The molecule has 0 aliphatic carbocycles. The van der Waals surface area contributed by atoms with Gasteiger partial charge in [-0.3, -0.25) is 5.32 Å². The number of ether oxygens (including phenoxy) is 1. The molecule has 7 heteroatoms. The van der Waals surface area contributed by atoms with Crippen LogP contribution in [0.4, 0.5) is 4.79 Å². The highest BCUT2D eigenvalue weighted by Crippen LogP contribution is 2.11. The van der Waals surface area contributed by atoms with Crippen LogP contribution in [-0.4, -0.2) is 24.3 Å². The van der Waals surface area contributed by atoms with Gasteiger partial charge in [-0.05, 0) is 6.92 Å². The number of amides is 1. The van der Waals surface area contributed by atoms with Crippen molar-refractivity contribution in [1.29, 1.82) is 0 Å². The lowest BCUT2D eigenvalue weighted by Crippen LogP contribution is -2.25. The Morgan fingerprint density at radius 3 is 2.82 bits per heavy atom. The predicted molar refractivity (Wildman–Crippen MR) is 35.9 cm³/mol. The molecule has 0 spiro atoms. The van der Waals surface area contributed by atoms with Crippen molar-refractivity contribution in [2.45, 2.75) is 6.92 Å². The minimum absolute atomic E-state index is 0.247. The number of alkyl carbamates (subject to hydrolysis) is 1. The van der Waals surface area contributed by atoms with Crippen LogP contribution in [0.2, 0.25) is 0 Å². The van der Waals surface area contributed by atoms with E-state index in [9.17, 15) is 9.36 Å². The van der Waals surface area contributed by atoms with E-state index in [1.54, 1.807) is 6.92 Å². The molecule has 64 valence electrons. The van der Waals surface area contributed by atoms with E-state index in [2.05, 4.69) is 14.6 Å². The van der Waals surface area contributed by atoms with Crippen molar-refractivity contribution in [3.8, 4) is 0 Å². The maximum absolute atomic E-state index is 10.4. The summed E-state index contributed by atoms with van der Waals surface area (Å²) in [5.74, 6) is 0. The van der Waals surface area contributed by atoms with Crippen LogP contribution in [0, 0.1) is 0 Å². The van der Waals surface area contributed by atoms with Gasteiger partial charge in [0, 0.05) is 4.57 Å². The van der Waals surface area contributed by atoms with Crippen LogP contribution in [0.5, 0.6) is 0 Å². The standard InChI is InChI=1S/C4H8NO5P/c1-2-9-4(6)5-3-10-11(7)8/h2-3H2,1H3,(H-,5,6,7,8)/p+1. The molecular weight excluding hydrogens is 173 g/mol. The van der Waals surface area contributed by atoms with E-state index in [1.165, 1.54) is 0 Å². The molecule has 2 N–H and O–H groups in total. The zero-order valence-electron chi connectivity index (χ0n) is 5.94. The van der Waals surface area contributed by atoms with Crippen molar-refractivity contribution in [2.24, 2.45) is 0 Å². The first-order valence-corrected chi connectivity index (χ1v) is 3.99. The van der Waals surface area contributed by atoms with Gasteiger partial charge in [0.2, 0.25) is 0 Å². The Morgan fingerprint density at radius 2 is 2.36 bits per heavy atom. The van der Waals surface area contributed by atoms with Crippen molar-refractivity contribution in [3.05, 3.63) is 0 Å². The molecule has 1 unspecified atom stereocenters. The summed E-state index contributed by atoms with van der Waals surface area (Å²) in [6, 6.07) is 0. The largest absolute Gasteiger partial charge is 0.696 e. The summed E-state index contributed by atoms with van der Waals surface area (Å²) in [7, 11) is -2.66. The first kappa shape index (κ1) is 10.3. The smallest absolute Gasteiger partial charge is 0.450 e. The first-order chi connectivity index (χ1) is 5.16. The van der Waals surface area contributed by atoms with E-state index >= 15 is 0 Å². The molecule has 0 saturated carbocycles. The monoisotopic (exact) mass is 182 g/mol. The molecule has 0 aromatic carbocycles. The first-order valence-electron chi connectivity index (χ1n) is 2.86. The molecular formula is C4H9NO5P+. The van der Waals surface area contributed by atoms with E-state index in [1.807, 2.05) is 0 Å². The normalized spacial score (nSPS) is 10.5. The number of hydrogen-bond donors (Lipinski definition) is 2. The average molecular weight is 182 g/mol. The van der Waals surface area contributed by atoms with Gasteiger partial charge >= 0.3 is 14.3 Å². The quantitative estimate of drug-likeness (QED) is 0.484. The second-order valence-electron chi connectivity index (χ2n) is 1.41. The van der Waals surface area contributed by atoms with Crippen molar-refractivity contribution in [2.75, 3.05) is 13.3 Å². The van der Waals surface area contributed by atoms with E-state index < -0.39 is 14.3 Å². The van der Waals surface area contributed by atoms with Crippen LogP contribution in [-0.2, 0) is 13.8 Å². The maximum Gasteiger partial charge on any atom is 0.696 e. The summed E-state index contributed by atoms with van der Waals surface area (Å²) in [6.07, 6.45) is -0.677. The van der Waals surface area contributed by atoms with Crippen molar-refractivity contribution >= 4 is 14.3 Å². The molecule has 6 nitrogen and oxygen atoms in total. The van der Waals surface area contributed by atoms with E-state index in [4.69, 9.17) is 4.89 Å². The number of rotatable bonds is 4. The minimum Gasteiger partial charge on any atom is -0.450 e. The number of carbonyl (C=O) groups excluding carboxylic acids is 1. The second kappa shape index (κ2) is 6.03. The summed E-state index contributed by atoms with van der Waals surface area (Å²) in [5, 5.41) is 2.09. The summed E-state index contributed by atoms with van der Waals surface area (Å²) in [5.41, 5.74) is 0. The molecule has 0 rings (SSSR count). The molecule has 0 saturated heterocycles. The van der Waals surface area contributed by atoms with E-state index in [0.717, 1.165) is 0 Å². The van der Waals surface area contributed by atoms with E-state index in [0.29, 0.717) is 0 Å². The van der Waals surface area contributed by atoms with Gasteiger partial charge in [-0.25, -0.2) is 4.79 Å². The van der Waals surface area contributed by atoms with Crippen LogP contribution in [0.25, 0.3) is 0 Å². The number of nitrogens with one attached hydrogen (secondary N) is 1. The van der Waals surface area contributed by atoms with Gasteiger partial charge in [0.25, 0.3) is 0 Å². The summed E-state index contributed by atoms with van der Waals surface area (Å²) in [4.78, 5) is 18.5. The predicted octanol–water partition coefficient (Wildman–Crippen LogP) is 0.356. The van der Waals surface area contributed by atoms with E-state index in [-0.39, 0.29) is 13.3 Å². The SMILES string of the molecule is CCOC(=O)NCO[P+](=O)O. The summed E-state index contributed by atoms with van der Waals surface area (Å²) in [6.45, 7) is 1.56. The highest BCUT2D eigenvalue weighted by atomic mass is 31.1. The van der Waals surface area contributed by atoms with Gasteiger partial charge in [-0.2, -0.15) is 0 Å². The molecule has 0 radical (unpaired) electrons. The summed E-state index contributed by atoms with van der Waals surface area (Å²) < 4.78 is 18.4. The molecule has 0 aromatic heterocycles. The third kappa shape index (κ3) is 7.18. The fraction of sp³-hybridized carbons (Fsp3) is 0.750. The maximum atomic E-state index is 10.4. The van der Waals surface area contributed by atoms with Gasteiger partial charge in [0.15, 0.2) is 6.73 Å². The zero-order chi connectivity index (χ0) is 8.69. The van der Waals surface area contributed by atoms with Crippen molar-refractivity contribution in [3.63, 3.8) is 0 Å². The molecule has 0 fully saturated rings. The van der Waals surface area contributed by atoms with Crippen LogP contribution >= 0.6 is 8.25 Å². The fourth-order valence-corrected chi connectivity index (χ4v) is 0.504. The molecule has 1 atom stereocenters. The number of hydrogen-bond acceptors (Lipinski definition) is 4. The molecule has 0 heterocycles. The molecule has 1 amide bonds. The Labute approximate surface area is 64.4 Å². The Balaban J connectivity index is 3.24. The third-order valence-electron chi connectivity index (χ3n) is 0.667. The molecule has 0 aliphatic rings. The molecule has 0 bridgehead atoms. The highest BCUT2D eigenvalue weighted by Gasteiger charge is 2.11.